The maximum Gasteiger partial charge on any atom is 0.338 e. The fourth-order valence-electron chi connectivity index (χ4n) is 1.83. The van der Waals surface area contributed by atoms with Gasteiger partial charge >= 0.3 is 12.0 Å². The van der Waals surface area contributed by atoms with E-state index in [0.717, 1.165) is 18.4 Å². The van der Waals surface area contributed by atoms with Gasteiger partial charge in [0.25, 0.3) is 5.91 Å². The van der Waals surface area contributed by atoms with Crippen LogP contribution in [0.25, 0.3) is 0 Å². The Kier molecular flexibility index (Phi) is 5.14. The number of carbonyl (C=O) groups is 3. The molecule has 0 aromatic heterocycles. The molecular formula is C16H20N2O4. The molecule has 0 bridgehead atoms. The predicted octanol–water partition coefficient (Wildman–Crippen LogP) is 1.95. The lowest BCUT2D eigenvalue weighted by Gasteiger charge is -2.08. The van der Waals surface area contributed by atoms with Crippen LogP contribution in [0, 0.1) is 0 Å². The molecule has 1 aromatic carbocycles. The fourth-order valence-corrected chi connectivity index (χ4v) is 1.83. The van der Waals surface area contributed by atoms with Crippen LogP contribution < -0.4 is 10.6 Å². The van der Waals surface area contributed by atoms with Gasteiger partial charge in [-0.2, -0.15) is 0 Å². The van der Waals surface area contributed by atoms with E-state index in [2.05, 4.69) is 24.5 Å². The van der Waals surface area contributed by atoms with Gasteiger partial charge in [0, 0.05) is 6.04 Å². The van der Waals surface area contributed by atoms with Crippen LogP contribution in [0.2, 0.25) is 0 Å². The van der Waals surface area contributed by atoms with Crippen LogP contribution in [-0.4, -0.2) is 30.6 Å². The van der Waals surface area contributed by atoms with Crippen LogP contribution in [0.3, 0.4) is 0 Å². The SMILES string of the molecule is CC(C)c1ccc(C(=O)OCC(=O)NC(=O)NC2CC2)cc1. The van der Waals surface area contributed by atoms with Crippen molar-refractivity contribution < 1.29 is 19.1 Å². The van der Waals surface area contributed by atoms with Crippen molar-refractivity contribution in [1.29, 1.82) is 0 Å². The van der Waals surface area contributed by atoms with Crippen LogP contribution >= 0.6 is 0 Å². The summed E-state index contributed by atoms with van der Waals surface area (Å²) < 4.78 is 4.88. The van der Waals surface area contributed by atoms with E-state index in [1.807, 2.05) is 12.1 Å². The molecule has 22 heavy (non-hydrogen) atoms. The highest BCUT2D eigenvalue weighted by molar-refractivity contribution is 5.97. The minimum Gasteiger partial charge on any atom is -0.452 e. The second-order valence-electron chi connectivity index (χ2n) is 5.65. The molecule has 3 amide bonds. The van der Waals surface area contributed by atoms with Crippen LogP contribution in [-0.2, 0) is 9.53 Å². The normalized spacial score (nSPS) is 13.6. The number of ether oxygens (including phenoxy) is 1. The third-order valence-corrected chi connectivity index (χ3v) is 3.31. The lowest BCUT2D eigenvalue weighted by atomic mass is 10.0. The number of esters is 1. The number of hydrogen-bond acceptors (Lipinski definition) is 4. The zero-order valence-electron chi connectivity index (χ0n) is 12.7. The average molecular weight is 304 g/mol. The van der Waals surface area contributed by atoms with Crippen molar-refractivity contribution in [3.8, 4) is 0 Å². The fraction of sp³-hybridized carbons (Fsp3) is 0.438. The molecule has 1 aliphatic rings. The second-order valence-corrected chi connectivity index (χ2v) is 5.65. The van der Waals surface area contributed by atoms with Crippen molar-refractivity contribution in [3.05, 3.63) is 35.4 Å². The summed E-state index contributed by atoms with van der Waals surface area (Å²) in [6.07, 6.45) is 1.87. The molecule has 0 saturated heterocycles. The number of urea groups is 1. The molecule has 0 spiro atoms. The molecule has 1 aromatic rings. The summed E-state index contributed by atoms with van der Waals surface area (Å²) in [4.78, 5) is 34.6. The first-order valence-corrected chi connectivity index (χ1v) is 7.33. The van der Waals surface area contributed by atoms with Crippen molar-refractivity contribution in [2.24, 2.45) is 0 Å². The monoisotopic (exact) mass is 304 g/mol. The summed E-state index contributed by atoms with van der Waals surface area (Å²) in [5.41, 5.74) is 1.49. The van der Waals surface area contributed by atoms with Crippen LogP contribution in [0.15, 0.2) is 24.3 Å². The molecule has 6 heteroatoms. The minimum absolute atomic E-state index is 0.162. The summed E-state index contributed by atoms with van der Waals surface area (Å²) in [6.45, 7) is 3.64. The van der Waals surface area contributed by atoms with E-state index in [1.165, 1.54) is 0 Å². The Morgan fingerprint density at radius 2 is 1.82 bits per heavy atom. The molecule has 0 atom stereocenters. The number of rotatable bonds is 5. The first-order valence-electron chi connectivity index (χ1n) is 7.33. The summed E-state index contributed by atoms with van der Waals surface area (Å²) >= 11 is 0. The molecule has 0 heterocycles. The topological polar surface area (TPSA) is 84.5 Å². The highest BCUT2D eigenvalue weighted by Crippen LogP contribution is 2.18. The molecule has 2 N–H and O–H groups in total. The van der Waals surface area contributed by atoms with Crippen molar-refractivity contribution in [2.75, 3.05) is 6.61 Å². The average Bonchev–Trinajstić information content (AvgIpc) is 3.28. The Morgan fingerprint density at radius 3 is 2.36 bits per heavy atom. The minimum atomic E-state index is -0.648. The maximum atomic E-state index is 11.8. The van der Waals surface area contributed by atoms with Gasteiger partial charge in [-0.3, -0.25) is 10.1 Å². The standard InChI is InChI=1S/C16H20N2O4/c1-10(2)11-3-5-12(6-4-11)15(20)22-9-14(19)18-16(21)17-13-7-8-13/h3-6,10,13H,7-9H2,1-2H3,(H2,17,18,19,21). The molecule has 1 saturated carbocycles. The molecule has 2 rings (SSSR count). The van der Waals surface area contributed by atoms with Crippen molar-refractivity contribution >= 4 is 17.9 Å². The summed E-state index contributed by atoms with van der Waals surface area (Å²) in [6, 6.07) is 6.64. The number of nitrogens with one attached hydrogen (secondary N) is 2. The van der Waals surface area contributed by atoms with Gasteiger partial charge < -0.3 is 10.1 Å². The highest BCUT2D eigenvalue weighted by Gasteiger charge is 2.24. The van der Waals surface area contributed by atoms with Crippen LogP contribution in [0.1, 0.15) is 48.5 Å². The third kappa shape index (κ3) is 4.87. The molecule has 0 aliphatic heterocycles. The van der Waals surface area contributed by atoms with E-state index < -0.39 is 24.5 Å². The van der Waals surface area contributed by atoms with Crippen molar-refractivity contribution in [2.45, 2.75) is 38.6 Å². The quantitative estimate of drug-likeness (QED) is 0.814. The molecular weight excluding hydrogens is 284 g/mol. The third-order valence-electron chi connectivity index (χ3n) is 3.31. The Balaban J connectivity index is 1.76. The summed E-state index contributed by atoms with van der Waals surface area (Å²) in [5, 5.41) is 4.73. The number of amides is 3. The largest absolute Gasteiger partial charge is 0.452 e. The van der Waals surface area contributed by atoms with Gasteiger partial charge in [0.05, 0.1) is 5.56 Å². The zero-order chi connectivity index (χ0) is 16.1. The van der Waals surface area contributed by atoms with Gasteiger partial charge in [-0.1, -0.05) is 26.0 Å². The lowest BCUT2D eigenvalue weighted by Crippen LogP contribution is -2.42. The first-order chi connectivity index (χ1) is 10.5. The van der Waals surface area contributed by atoms with E-state index in [1.54, 1.807) is 12.1 Å². The molecule has 6 nitrogen and oxygen atoms in total. The summed E-state index contributed by atoms with van der Waals surface area (Å²) in [7, 11) is 0. The van der Waals surface area contributed by atoms with Gasteiger partial charge in [0.1, 0.15) is 0 Å². The number of imide groups is 1. The van der Waals surface area contributed by atoms with Crippen LogP contribution in [0.5, 0.6) is 0 Å². The van der Waals surface area contributed by atoms with E-state index >= 15 is 0 Å². The molecule has 1 fully saturated rings. The second kappa shape index (κ2) is 7.06. The predicted molar refractivity (Wildman–Crippen MR) is 80.5 cm³/mol. The van der Waals surface area contributed by atoms with Gasteiger partial charge in [-0.05, 0) is 36.5 Å². The smallest absolute Gasteiger partial charge is 0.338 e. The van der Waals surface area contributed by atoms with Gasteiger partial charge in [-0.25, -0.2) is 9.59 Å². The molecule has 118 valence electrons. The molecule has 0 radical (unpaired) electrons. The lowest BCUT2D eigenvalue weighted by molar-refractivity contribution is -0.123. The Bertz CT molecular complexity index is 562. The summed E-state index contributed by atoms with van der Waals surface area (Å²) in [5.74, 6) is -0.862. The zero-order valence-corrected chi connectivity index (χ0v) is 12.7. The number of carbonyl (C=O) groups excluding carboxylic acids is 3. The van der Waals surface area contributed by atoms with E-state index in [-0.39, 0.29) is 6.04 Å². The van der Waals surface area contributed by atoms with E-state index in [0.29, 0.717) is 11.5 Å². The first kappa shape index (κ1) is 16.0. The van der Waals surface area contributed by atoms with Crippen molar-refractivity contribution in [1.82, 2.24) is 10.6 Å². The van der Waals surface area contributed by atoms with E-state index in [4.69, 9.17) is 4.74 Å². The highest BCUT2D eigenvalue weighted by atomic mass is 16.5. The Hall–Kier alpha value is -2.37. The van der Waals surface area contributed by atoms with Gasteiger partial charge in [0.2, 0.25) is 0 Å². The maximum absolute atomic E-state index is 11.8. The number of hydrogen-bond donors (Lipinski definition) is 2. The van der Waals surface area contributed by atoms with Crippen molar-refractivity contribution in [3.63, 3.8) is 0 Å². The Labute approximate surface area is 129 Å². The van der Waals surface area contributed by atoms with Crippen LogP contribution in [0.4, 0.5) is 4.79 Å². The number of benzene rings is 1. The Morgan fingerprint density at radius 1 is 1.18 bits per heavy atom. The van der Waals surface area contributed by atoms with Gasteiger partial charge in [0.15, 0.2) is 6.61 Å². The molecule has 0 unspecified atom stereocenters. The van der Waals surface area contributed by atoms with E-state index in [9.17, 15) is 14.4 Å². The molecule has 1 aliphatic carbocycles. The van der Waals surface area contributed by atoms with Gasteiger partial charge in [-0.15, -0.1) is 0 Å².